The zero-order valence-electron chi connectivity index (χ0n) is 11.1. The number of benzene rings is 1. The van der Waals surface area contributed by atoms with E-state index < -0.39 is 5.67 Å². The molecular weight excluding hydrogens is 225 g/mol. The van der Waals surface area contributed by atoms with Gasteiger partial charge in [-0.1, -0.05) is 37.6 Å². The van der Waals surface area contributed by atoms with E-state index in [4.69, 9.17) is 0 Å². The SMILES string of the molecule is CCCc1ccc(C2(F)CC3CCC(C2)N3)cc1. The second-order valence-electron chi connectivity index (χ2n) is 5.96. The smallest absolute Gasteiger partial charge is 0.139 e. The van der Waals surface area contributed by atoms with Gasteiger partial charge in [-0.25, -0.2) is 4.39 Å². The highest BCUT2D eigenvalue weighted by atomic mass is 19.1. The van der Waals surface area contributed by atoms with Gasteiger partial charge in [-0.15, -0.1) is 0 Å². The third kappa shape index (κ3) is 2.18. The highest BCUT2D eigenvalue weighted by Crippen LogP contribution is 2.43. The van der Waals surface area contributed by atoms with Gasteiger partial charge in [-0.3, -0.25) is 0 Å². The number of aryl methyl sites for hydroxylation is 1. The molecule has 18 heavy (non-hydrogen) atoms. The molecule has 2 aliphatic heterocycles. The van der Waals surface area contributed by atoms with Crippen LogP contribution in [0, 0.1) is 0 Å². The highest BCUT2D eigenvalue weighted by Gasteiger charge is 2.44. The summed E-state index contributed by atoms with van der Waals surface area (Å²) in [5, 5.41) is 3.51. The molecule has 2 heterocycles. The lowest BCUT2D eigenvalue weighted by Gasteiger charge is -2.35. The van der Waals surface area contributed by atoms with Gasteiger partial charge >= 0.3 is 0 Å². The van der Waals surface area contributed by atoms with Gasteiger partial charge in [0, 0.05) is 24.9 Å². The first-order chi connectivity index (χ1) is 8.69. The van der Waals surface area contributed by atoms with Crippen molar-refractivity contribution in [2.45, 2.75) is 63.2 Å². The minimum absolute atomic E-state index is 0.393. The summed E-state index contributed by atoms with van der Waals surface area (Å²) in [6.45, 7) is 2.18. The number of piperidine rings is 1. The Hall–Kier alpha value is -0.890. The van der Waals surface area contributed by atoms with E-state index in [0.29, 0.717) is 24.9 Å². The van der Waals surface area contributed by atoms with Crippen molar-refractivity contribution in [1.82, 2.24) is 5.32 Å². The van der Waals surface area contributed by atoms with Crippen LogP contribution in [0.25, 0.3) is 0 Å². The second kappa shape index (κ2) is 4.65. The molecule has 2 fully saturated rings. The van der Waals surface area contributed by atoms with Gasteiger partial charge in [0.25, 0.3) is 0 Å². The molecule has 0 aromatic heterocycles. The van der Waals surface area contributed by atoms with Gasteiger partial charge in [0.2, 0.25) is 0 Å². The molecule has 1 aromatic rings. The first-order valence-corrected chi connectivity index (χ1v) is 7.24. The van der Waals surface area contributed by atoms with E-state index in [1.54, 1.807) is 0 Å². The number of fused-ring (bicyclic) bond motifs is 2. The molecule has 2 saturated heterocycles. The molecule has 1 N–H and O–H groups in total. The van der Waals surface area contributed by atoms with Crippen LogP contribution in [0.15, 0.2) is 24.3 Å². The average molecular weight is 247 g/mol. The standard InChI is InChI=1S/C16H22FN/c1-2-3-12-4-6-13(7-5-12)16(17)10-14-8-9-15(11-16)18-14/h4-7,14-15,18H,2-3,8-11H2,1H3. The minimum atomic E-state index is -1.10. The van der Waals surface area contributed by atoms with E-state index in [2.05, 4.69) is 24.4 Å². The maximum absolute atomic E-state index is 15.1. The van der Waals surface area contributed by atoms with E-state index in [0.717, 1.165) is 31.2 Å². The summed E-state index contributed by atoms with van der Waals surface area (Å²) in [5.74, 6) is 0. The van der Waals surface area contributed by atoms with Crippen LogP contribution < -0.4 is 5.32 Å². The molecule has 2 bridgehead atoms. The van der Waals surface area contributed by atoms with Crippen LogP contribution in [0.4, 0.5) is 4.39 Å². The molecule has 2 unspecified atom stereocenters. The lowest BCUT2D eigenvalue weighted by atomic mass is 9.83. The largest absolute Gasteiger partial charge is 0.311 e. The predicted octanol–water partition coefficient (Wildman–Crippen LogP) is 3.72. The fourth-order valence-electron chi connectivity index (χ4n) is 3.58. The Bertz CT molecular complexity index is 400. The molecule has 3 rings (SSSR count). The molecule has 1 nitrogen and oxygen atoms in total. The van der Waals surface area contributed by atoms with Crippen LogP contribution in [0.5, 0.6) is 0 Å². The van der Waals surface area contributed by atoms with Crippen molar-refractivity contribution in [1.29, 1.82) is 0 Å². The number of rotatable bonds is 3. The van der Waals surface area contributed by atoms with E-state index in [1.807, 2.05) is 12.1 Å². The van der Waals surface area contributed by atoms with Crippen molar-refractivity contribution >= 4 is 0 Å². The normalized spacial score (nSPS) is 34.8. The summed E-state index contributed by atoms with van der Waals surface area (Å²) in [6, 6.07) is 9.01. The fourth-order valence-corrected chi connectivity index (χ4v) is 3.58. The highest BCUT2D eigenvalue weighted by molar-refractivity contribution is 5.29. The Balaban J connectivity index is 1.80. The molecule has 1 aromatic carbocycles. The van der Waals surface area contributed by atoms with Gasteiger partial charge in [0.1, 0.15) is 5.67 Å². The van der Waals surface area contributed by atoms with Gasteiger partial charge in [-0.2, -0.15) is 0 Å². The Morgan fingerprint density at radius 2 is 1.78 bits per heavy atom. The van der Waals surface area contributed by atoms with Crippen LogP contribution in [0.1, 0.15) is 50.2 Å². The Morgan fingerprint density at radius 3 is 2.33 bits per heavy atom. The molecule has 2 aliphatic rings. The lowest BCUT2D eigenvalue weighted by molar-refractivity contribution is 0.0874. The molecule has 98 valence electrons. The number of hydrogen-bond donors (Lipinski definition) is 1. The maximum atomic E-state index is 15.1. The number of alkyl halides is 1. The number of nitrogens with one attached hydrogen (secondary N) is 1. The molecule has 0 amide bonds. The quantitative estimate of drug-likeness (QED) is 0.858. The van der Waals surface area contributed by atoms with Crippen molar-refractivity contribution in [3.05, 3.63) is 35.4 Å². The molecule has 2 heteroatoms. The molecule has 2 atom stereocenters. The molecule has 0 spiro atoms. The van der Waals surface area contributed by atoms with E-state index in [9.17, 15) is 0 Å². The summed E-state index contributed by atoms with van der Waals surface area (Å²) in [4.78, 5) is 0. The van der Waals surface area contributed by atoms with E-state index in [-0.39, 0.29) is 0 Å². The van der Waals surface area contributed by atoms with Gasteiger partial charge in [-0.05, 0) is 30.4 Å². The minimum Gasteiger partial charge on any atom is -0.311 e. The van der Waals surface area contributed by atoms with Gasteiger partial charge in [0.15, 0.2) is 0 Å². The first kappa shape index (κ1) is 12.2. The van der Waals surface area contributed by atoms with Gasteiger partial charge in [0.05, 0.1) is 0 Å². The third-order valence-electron chi connectivity index (χ3n) is 4.48. The molecule has 0 saturated carbocycles. The average Bonchev–Trinajstić information content (AvgIpc) is 2.70. The lowest BCUT2D eigenvalue weighted by Crippen LogP contribution is -2.44. The summed E-state index contributed by atoms with van der Waals surface area (Å²) in [7, 11) is 0. The molecular formula is C16H22FN. The van der Waals surface area contributed by atoms with E-state index >= 15 is 4.39 Å². The van der Waals surface area contributed by atoms with Crippen molar-refractivity contribution < 1.29 is 4.39 Å². The Kier molecular flexibility index (Phi) is 3.14. The van der Waals surface area contributed by atoms with Crippen LogP contribution in [-0.2, 0) is 12.1 Å². The van der Waals surface area contributed by atoms with Crippen LogP contribution in [0.2, 0.25) is 0 Å². The van der Waals surface area contributed by atoms with Crippen LogP contribution in [-0.4, -0.2) is 12.1 Å². The maximum Gasteiger partial charge on any atom is 0.139 e. The second-order valence-corrected chi connectivity index (χ2v) is 5.96. The van der Waals surface area contributed by atoms with Crippen molar-refractivity contribution in [3.63, 3.8) is 0 Å². The number of halogens is 1. The third-order valence-corrected chi connectivity index (χ3v) is 4.48. The molecule has 0 radical (unpaired) electrons. The summed E-state index contributed by atoms with van der Waals surface area (Å²) >= 11 is 0. The van der Waals surface area contributed by atoms with Crippen molar-refractivity contribution in [2.24, 2.45) is 0 Å². The van der Waals surface area contributed by atoms with Crippen LogP contribution in [0.3, 0.4) is 0 Å². The summed E-state index contributed by atoms with van der Waals surface area (Å²) in [5.41, 5.74) is 1.12. The van der Waals surface area contributed by atoms with Gasteiger partial charge < -0.3 is 5.32 Å². The van der Waals surface area contributed by atoms with Crippen LogP contribution >= 0.6 is 0 Å². The summed E-state index contributed by atoms with van der Waals surface area (Å²) in [6.07, 6.45) is 5.82. The Morgan fingerprint density at radius 1 is 1.17 bits per heavy atom. The number of hydrogen-bond acceptors (Lipinski definition) is 1. The van der Waals surface area contributed by atoms with E-state index in [1.165, 1.54) is 5.56 Å². The first-order valence-electron chi connectivity index (χ1n) is 7.24. The topological polar surface area (TPSA) is 12.0 Å². The van der Waals surface area contributed by atoms with Crippen molar-refractivity contribution in [2.75, 3.05) is 0 Å². The monoisotopic (exact) mass is 247 g/mol. The predicted molar refractivity (Wildman–Crippen MR) is 72.4 cm³/mol. The fraction of sp³-hybridized carbons (Fsp3) is 0.625. The molecule has 0 aliphatic carbocycles. The summed E-state index contributed by atoms with van der Waals surface area (Å²) < 4.78 is 15.1. The van der Waals surface area contributed by atoms with Crippen molar-refractivity contribution in [3.8, 4) is 0 Å². The Labute approximate surface area is 109 Å². The zero-order chi connectivity index (χ0) is 12.6. The zero-order valence-corrected chi connectivity index (χ0v) is 11.1.